The minimum Gasteiger partial charge on any atom is -0.486 e. The zero-order valence-corrected chi connectivity index (χ0v) is 18.7. The molecule has 2 heterocycles. The molecule has 2 aliphatic heterocycles. The molecule has 1 amide bonds. The van der Waals surface area contributed by atoms with Gasteiger partial charge in [0.15, 0.2) is 11.5 Å². The predicted molar refractivity (Wildman–Crippen MR) is 123 cm³/mol. The van der Waals surface area contributed by atoms with Gasteiger partial charge in [0.1, 0.15) is 12.7 Å². The van der Waals surface area contributed by atoms with Crippen LogP contribution in [-0.4, -0.2) is 80.4 Å². The molecule has 4 rings (SSSR count). The van der Waals surface area contributed by atoms with Gasteiger partial charge in [-0.1, -0.05) is 42.5 Å². The second-order valence-corrected chi connectivity index (χ2v) is 8.45. The van der Waals surface area contributed by atoms with Crippen LogP contribution in [0.2, 0.25) is 0 Å². The highest BCUT2D eigenvalue weighted by molar-refractivity contribution is 5.78. The highest BCUT2D eigenvalue weighted by Gasteiger charge is 2.24. The van der Waals surface area contributed by atoms with Crippen LogP contribution in [0.5, 0.6) is 11.5 Å². The zero-order chi connectivity index (χ0) is 22.2. The van der Waals surface area contributed by atoms with E-state index in [4.69, 9.17) is 14.2 Å². The molecule has 1 fully saturated rings. The fraction of sp³-hybridized carbons (Fsp3) is 0.480. The van der Waals surface area contributed by atoms with Crippen molar-refractivity contribution in [1.82, 2.24) is 15.1 Å². The Bertz CT molecular complexity index is 857. The number of rotatable bonds is 9. The van der Waals surface area contributed by atoms with E-state index in [1.54, 1.807) is 0 Å². The normalized spacial score (nSPS) is 19.5. The summed E-state index contributed by atoms with van der Waals surface area (Å²) in [6.07, 6.45) is -0.192. The first-order valence-electron chi connectivity index (χ1n) is 11.4. The highest BCUT2D eigenvalue weighted by Crippen LogP contribution is 2.30. The molecule has 1 saturated heterocycles. The van der Waals surface area contributed by atoms with Crippen molar-refractivity contribution >= 4 is 5.91 Å². The number of benzene rings is 2. The molecule has 0 saturated carbocycles. The molecular weight excluding hydrogens is 406 g/mol. The molecular formula is C25H33N3O4. The van der Waals surface area contributed by atoms with E-state index in [0.717, 1.165) is 50.9 Å². The van der Waals surface area contributed by atoms with Gasteiger partial charge in [0.05, 0.1) is 26.3 Å². The summed E-state index contributed by atoms with van der Waals surface area (Å²) >= 11 is 0. The lowest BCUT2D eigenvalue weighted by Crippen LogP contribution is -2.49. The Kier molecular flexibility index (Phi) is 7.98. The number of hydrogen-bond donors (Lipinski definition) is 1. The summed E-state index contributed by atoms with van der Waals surface area (Å²) in [5.74, 6) is 1.47. The summed E-state index contributed by atoms with van der Waals surface area (Å²) < 4.78 is 17.2. The average Bonchev–Trinajstić information content (AvgIpc) is 2.83. The minimum atomic E-state index is -0.192. The van der Waals surface area contributed by atoms with Gasteiger partial charge in [-0.3, -0.25) is 14.6 Å². The number of hydrogen-bond acceptors (Lipinski definition) is 6. The van der Waals surface area contributed by atoms with Crippen molar-refractivity contribution in [3.63, 3.8) is 0 Å². The number of nitrogens with one attached hydrogen (secondary N) is 1. The van der Waals surface area contributed by atoms with Crippen molar-refractivity contribution in [1.29, 1.82) is 0 Å². The smallest absolute Gasteiger partial charge is 0.234 e. The third-order valence-corrected chi connectivity index (χ3v) is 5.92. The van der Waals surface area contributed by atoms with Crippen molar-refractivity contribution in [2.75, 3.05) is 52.5 Å². The van der Waals surface area contributed by atoms with Crippen LogP contribution < -0.4 is 14.8 Å². The lowest BCUT2D eigenvalue weighted by Gasteiger charge is -2.35. The van der Waals surface area contributed by atoms with Gasteiger partial charge in [0.2, 0.25) is 5.91 Å². The van der Waals surface area contributed by atoms with Gasteiger partial charge in [0, 0.05) is 32.2 Å². The first-order valence-corrected chi connectivity index (χ1v) is 11.4. The molecule has 2 aliphatic rings. The van der Waals surface area contributed by atoms with E-state index < -0.39 is 0 Å². The summed E-state index contributed by atoms with van der Waals surface area (Å²) in [4.78, 5) is 17.5. The standard InChI is InChI=1S/C25H33N3O4/c1-20(16-27-11-13-30-14-12-27)28(17-21-7-3-2-4-8-21)18-25(29)26-15-22-19-31-23-9-5-6-10-24(23)32-22/h2-10,20,22H,11-19H2,1H3,(H,26,29). The van der Waals surface area contributed by atoms with Crippen molar-refractivity contribution in [3.8, 4) is 11.5 Å². The molecule has 2 aromatic rings. The molecule has 1 N–H and O–H groups in total. The third kappa shape index (κ3) is 6.45. The monoisotopic (exact) mass is 439 g/mol. The van der Waals surface area contributed by atoms with Gasteiger partial charge in [0.25, 0.3) is 0 Å². The number of para-hydroxylation sites is 2. The van der Waals surface area contributed by atoms with Crippen molar-refractivity contribution < 1.29 is 19.0 Å². The number of morpholine rings is 1. The maximum atomic E-state index is 12.8. The van der Waals surface area contributed by atoms with Crippen molar-refractivity contribution in [2.45, 2.75) is 25.6 Å². The molecule has 2 unspecified atom stereocenters. The number of nitrogens with zero attached hydrogens (tertiary/aromatic N) is 2. The van der Waals surface area contributed by atoms with Crippen LogP contribution in [-0.2, 0) is 16.1 Å². The second kappa shape index (κ2) is 11.3. The summed E-state index contributed by atoms with van der Waals surface area (Å²) in [5.41, 5.74) is 1.20. The van der Waals surface area contributed by atoms with Crippen LogP contribution >= 0.6 is 0 Å². The summed E-state index contributed by atoms with van der Waals surface area (Å²) in [7, 11) is 0. The van der Waals surface area contributed by atoms with Gasteiger partial charge in [-0.15, -0.1) is 0 Å². The maximum Gasteiger partial charge on any atom is 0.234 e. The molecule has 0 radical (unpaired) electrons. The molecule has 0 bridgehead atoms. The zero-order valence-electron chi connectivity index (χ0n) is 18.7. The molecule has 172 valence electrons. The largest absolute Gasteiger partial charge is 0.486 e. The molecule has 2 aromatic carbocycles. The Morgan fingerprint density at radius 2 is 1.81 bits per heavy atom. The van der Waals surface area contributed by atoms with Crippen LogP contribution in [0.4, 0.5) is 0 Å². The minimum absolute atomic E-state index is 0.00258. The Morgan fingerprint density at radius 3 is 2.59 bits per heavy atom. The molecule has 0 aliphatic carbocycles. The van der Waals surface area contributed by atoms with Gasteiger partial charge in [-0.05, 0) is 24.6 Å². The molecule has 7 nitrogen and oxygen atoms in total. The van der Waals surface area contributed by atoms with Crippen molar-refractivity contribution in [3.05, 3.63) is 60.2 Å². The number of carbonyl (C=O) groups excluding carboxylic acids is 1. The SMILES string of the molecule is CC(CN1CCOCC1)N(CC(=O)NCC1COc2ccccc2O1)Cc1ccccc1. The molecule has 0 spiro atoms. The summed E-state index contributed by atoms with van der Waals surface area (Å²) in [5, 5.41) is 3.04. The van der Waals surface area contributed by atoms with Gasteiger partial charge in [-0.25, -0.2) is 0 Å². The van der Waals surface area contributed by atoms with E-state index >= 15 is 0 Å². The molecule has 2 atom stereocenters. The Hall–Kier alpha value is -2.61. The first-order chi connectivity index (χ1) is 15.7. The number of carbonyl (C=O) groups is 1. The van der Waals surface area contributed by atoms with E-state index in [9.17, 15) is 4.79 Å². The third-order valence-electron chi connectivity index (χ3n) is 5.92. The fourth-order valence-corrected chi connectivity index (χ4v) is 4.09. The van der Waals surface area contributed by atoms with Crippen LogP contribution in [0.15, 0.2) is 54.6 Å². The topological polar surface area (TPSA) is 63.3 Å². The predicted octanol–water partition coefficient (Wildman–Crippen LogP) is 2.17. The second-order valence-electron chi connectivity index (χ2n) is 8.45. The highest BCUT2D eigenvalue weighted by atomic mass is 16.6. The quantitative estimate of drug-likeness (QED) is 0.646. The van der Waals surface area contributed by atoms with Gasteiger partial charge >= 0.3 is 0 Å². The lowest BCUT2D eigenvalue weighted by atomic mass is 10.1. The van der Waals surface area contributed by atoms with E-state index in [2.05, 4.69) is 34.2 Å². The Morgan fingerprint density at radius 1 is 1.09 bits per heavy atom. The van der Waals surface area contributed by atoms with Crippen LogP contribution in [0.25, 0.3) is 0 Å². The van der Waals surface area contributed by atoms with Crippen LogP contribution in [0, 0.1) is 0 Å². The lowest BCUT2D eigenvalue weighted by molar-refractivity contribution is -0.123. The van der Waals surface area contributed by atoms with Crippen LogP contribution in [0.3, 0.4) is 0 Å². The van der Waals surface area contributed by atoms with E-state index in [-0.39, 0.29) is 18.1 Å². The number of fused-ring (bicyclic) bond motifs is 1. The van der Waals surface area contributed by atoms with Crippen LogP contribution in [0.1, 0.15) is 12.5 Å². The van der Waals surface area contributed by atoms with Gasteiger partial charge in [-0.2, -0.15) is 0 Å². The number of ether oxygens (including phenoxy) is 3. The van der Waals surface area contributed by atoms with Crippen molar-refractivity contribution in [2.24, 2.45) is 0 Å². The number of amides is 1. The first kappa shape index (κ1) is 22.6. The summed E-state index contributed by atoms with van der Waals surface area (Å²) in [6, 6.07) is 18.2. The van der Waals surface area contributed by atoms with Gasteiger partial charge < -0.3 is 19.5 Å². The van der Waals surface area contributed by atoms with E-state index in [1.165, 1.54) is 5.56 Å². The maximum absolute atomic E-state index is 12.8. The average molecular weight is 440 g/mol. The summed E-state index contributed by atoms with van der Waals surface area (Å²) in [6.45, 7) is 8.47. The molecule has 32 heavy (non-hydrogen) atoms. The Balaban J connectivity index is 1.31. The molecule has 7 heteroatoms. The fourth-order valence-electron chi connectivity index (χ4n) is 4.09. The Labute approximate surface area is 190 Å². The van der Waals surface area contributed by atoms with E-state index in [0.29, 0.717) is 19.7 Å². The molecule has 0 aromatic heterocycles. The van der Waals surface area contributed by atoms with E-state index in [1.807, 2.05) is 42.5 Å².